The number of Topliss-reactive ketones (excluding diaryl/α,β-unsaturated/α-hetero) is 1. The van der Waals surface area contributed by atoms with E-state index in [9.17, 15) is 4.79 Å². The average molecular weight is 369 g/mol. The minimum absolute atomic E-state index is 0.0177. The lowest BCUT2D eigenvalue weighted by Gasteiger charge is -2.24. The van der Waals surface area contributed by atoms with Crippen LogP contribution in [-0.2, 0) is 10.3 Å². The highest BCUT2D eigenvalue weighted by molar-refractivity contribution is 7.10. The SMILES string of the molecule is CC1(C)C(=O)C(C#Cc2cccs2)(c2ccccc2)N=C1c1ccccc1. The molecule has 2 aromatic carbocycles. The van der Waals surface area contributed by atoms with Gasteiger partial charge in [-0.15, -0.1) is 11.3 Å². The minimum Gasteiger partial charge on any atom is -0.294 e. The summed E-state index contributed by atoms with van der Waals surface area (Å²) in [5.41, 5.74) is 0.670. The van der Waals surface area contributed by atoms with Crippen molar-refractivity contribution in [2.75, 3.05) is 0 Å². The van der Waals surface area contributed by atoms with Crippen molar-refractivity contribution in [1.82, 2.24) is 0 Å². The van der Waals surface area contributed by atoms with Crippen molar-refractivity contribution in [2.45, 2.75) is 19.4 Å². The lowest BCUT2D eigenvalue weighted by molar-refractivity contribution is -0.126. The summed E-state index contributed by atoms with van der Waals surface area (Å²) in [7, 11) is 0. The molecule has 0 fully saturated rings. The number of aliphatic imine (C=N–C) groups is 1. The zero-order valence-electron chi connectivity index (χ0n) is 15.3. The van der Waals surface area contributed by atoms with E-state index in [-0.39, 0.29) is 5.78 Å². The summed E-state index contributed by atoms with van der Waals surface area (Å²) in [6.45, 7) is 3.89. The molecule has 0 bridgehead atoms. The monoisotopic (exact) mass is 369 g/mol. The molecule has 3 aromatic rings. The zero-order valence-corrected chi connectivity index (χ0v) is 16.1. The first-order chi connectivity index (χ1) is 13.0. The second-order valence-corrected chi connectivity index (χ2v) is 8.03. The molecule has 0 saturated heterocycles. The Hall–Kier alpha value is -2.96. The highest BCUT2D eigenvalue weighted by Crippen LogP contribution is 2.44. The van der Waals surface area contributed by atoms with Gasteiger partial charge in [0.2, 0.25) is 5.54 Å². The number of benzene rings is 2. The third-order valence-electron chi connectivity index (χ3n) is 4.89. The van der Waals surface area contributed by atoms with Crippen molar-refractivity contribution in [3.05, 3.63) is 94.2 Å². The molecule has 132 valence electrons. The summed E-state index contributed by atoms with van der Waals surface area (Å²) in [6.07, 6.45) is 0. The second kappa shape index (κ2) is 6.64. The number of carbonyl (C=O) groups is 1. The molecule has 1 aliphatic heterocycles. The van der Waals surface area contributed by atoms with Crippen LogP contribution in [0.2, 0.25) is 0 Å². The lowest BCUT2D eigenvalue weighted by Crippen LogP contribution is -2.38. The first-order valence-electron chi connectivity index (χ1n) is 8.87. The van der Waals surface area contributed by atoms with Crippen molar-refractivity contribution in [2.24, 2.45) is 10.4 Å². The van der Waals surface area contributed by atoms with Gasteiger partial charge in [-0.2, -0.15) is 0 Å². The second-order valence-electron chi connectivity index (χ2n) is 7.08. The van der Waals surface area contributed by atoms with Gasteiger partial charge in [0.25, 0.3) is 0 Å². The number of rotatable bonds is 2. The number of hydrogen-bond acceptors (Lipinski definition) is 3. The molecule has 0 aliphatic carbocycles. The van der Waals surface area contributed by atoms with Gasteiger partial charge >= 0.3 is 0 Å². The lowest BCUT2D eigenvalue weighted by atomic mass is 9.74. The molecule has 0 spiro atoms. The Balaban J connectivity index is 1.96. The van der Waals surface area contributed by atoms with Gasteiger partial charge < -0.3 is 0 Å². The van der Waals surface area contributed by atoms with Gasteiger partial charge in [-0.3, -0.25) is 9.79 Å². The summed E-state index contributed by atoms with van der Waals surface area (Å²) in [5, 5.41) is 1.98. The van der Waals surface area contributed by atoms with Crippen LogP contribution < -0.4 is 0 Å². The third-order valence-corrected chi connectivity index (χ3v) is 5.68. The van der Waals surface area contributed by atoms with E-state index >= 15 is 0 Å². The van der Waals surface area contributed by atoms with Crippen LogP contribution in [0.1, 0.15) is 29.9 Å². The van der Waals surface area contributed by atoms with Gasteiger partial charge in [0.1, 0.15) is 0 Å². The van der Waals surface area contributed by atoms with Crippen LogP contribution in [0.15, 0.2) is 83.2 Å². The fourth-order valence-electron chi connectivity index (χ4n) is 3.47. The molecular weight excluding hydrogens is 350 g/mol. The van der Waals surface area contributed by atoms with E-state index in [1.54, 1.807) is 11.3 Å². The van der Waals surface area contributed by atoms with E-state index in [0.717, 1.165) is 21.7 Å². The summed E-state index contributed by atoms with van der Waals surface area (Å²) in [5.74, 6) is 6.45. The first kappa shape index (κ1) is 17.5. The normalized spacial score (nSPS) is 20.7. The van der Waals surface area contributed by atoms with Crippen LogP contribution in [0.25, 0.3) is 0 Å². The van der Waals surface area contributed by atoms with Crippen LogP contribution in [0, 0.1) is 17.3 Å². The van der Waals surface area contributed by atoms with Gasteiger partial charge in [-0.1, -0.05) is 78.6 Å². The van der Waals surface area contributed by atoms with Crippen molar-refractivity contribution < 1.29 is 4.79 Å². The van der Waals surface area contributed by atoms with Crippen molar-refractivity contribution in [3.63, 3.8) is 0 Å². The number of ketones is 1. The molecule has 0 amide bonds. The maximum atomic E-state index is 13.7. The highest BCUT2D eigenvalue weighted by Gasteiger charge is 2.54. The Labute approximate surface area is 163 Å². The van der Waals surface area contributed by atoms with Gasteiger partial charge in [0, 0.05) is 0 Å². The Morgan fingerprint density at radius 1 is 0.889 bits per heavy atom. The largest absolute Gasteiger partial charge is 0.294 e. The van der Waals surface area contributed by atoms with E-state index in [2.05, 4.69) is 11.8 Å². The van der Waals surface area contributed by atoms with E-state index < -0.39 is 11.0 Å². The molecule has 27 heavy (non-hydrogen) atoms. The molecule has 2 nitrogen and oxygen atoms in total. The Bertz CT molecular complexity index is 1050. The standard InChI is InChI=1S/C24H19NOS/c1-23(2)21(18-10-5-3-6-11-18)25-24(22(23)26,19-12-7-4-8-13-19)16-15-20-14-9-17-27-20/h3-14,17H,1-2H3. The molecular formula is C24H19NOS. The summed E-state index contributed by atoms with van der Waals surface area (Å²) < 4.78 is 0. The molecule has 0 saturated carbocycles. The molecule has 1 aromatic heterocycles. The van der Waals surface area contributed by atoms with Gasteiger partial charge in [0.05, 0.1) is 16.0 Å². The van der Waals surface area contributed by atoms with Crippen molar-refractivity contribution >= 4 is 22.8 Å². The van der Waals surface area contributed by atoms with Gasteiger partial charge in [-0.05, 0) is 36.4 Å². The molecule has 0 radical (unpaired) electrons. The van der Waals surface area contributed by atoms with Crippen molar-refractivity contribution in [1.29, 1.82) is 0 Å². The molecule has 1 unspecified atom stereocenters. The van der Waals surface area contributed by atoms with E-state index in [4.69, 9.17) is 4.99 Å². The van der Waals surface area contributed by atoms with Crippen LogP contribution in [-0.4, -0.2) is 11.5 Å². The van der Waals surface area contributed by atoms with Crippen LogP contribution >= 0.6 is 11.3 Å². The minimum atomic E-state index is -1.18. The number of nitrogens with zero attached hydrogens (tertiary/aromatic N) is 1. The maximum absolute atomic E-state index is 13.7. The predicted octanol–water partition coefficient (Wildman–Crippen LogP) is 5.09. The quantitative estimate of drug-likeness (QED) is 0.578. The topological polar surface area (TPSA) is 29.4 Å². The molecule has 4 rings (SSSR count). The fraction of sp³-hybridized carbons (Fsp3) is 0.167. The summed E-state index contributed by atoms with van der Waals surface area (Å²) >= 11 is 1.57. The van der Waals surface area contributed by atoms with Gasteiger partial charge in [0.15, 0.2) is 5.78 Å². The van der Waals surface area contributed by atoms with Crippen LogP contribution in [0.4, 0.5) is 0 Å². The summed E-state index contributed by atoms with van der Waals surface area (Å²) in [4.78, 5) is 19.6. The summed E-state index contributed by atoms with van der Waals surface area (Å²) in [6, 6.07) is 23.5. The Kier molecular flexibility index (Phi) is 4.30. The molecule has 1 aliphatic rings. The van der Waals surface area contributed by atoms with Crippen molar-refractivity contribution in [3.8, 4) is 11.8 Å². The smallest absolute Gasteiger partial charge is 0.205 e. The van der Waals surface area contributed by atoms with E-state index in [0.29, 0.717) is 0 Å². The fourth-order valence-corrected chi connectivity index (χ4v) is 4.04. The Morgan fingerprint density at radius 2 is 1.56 bits per heavy atom. The zero-order chi connectivity index (χ0) is 18.9. The molecule has 1 atom stereocenters. The molecule has 3 heteroatoms. The van der Waals surface area contributed by atoms with E-state index in [1.165, 1.54) is 0 Å². The number of hydrogen-bond donors (Lipinski definition) is 0. The highest BCUT2D eigenvalue weighted by atomic mass is 32.1. The third kappa shape index (κ3) is 2.93. The van der Waals surface area contributed by atoms with E-state index in [1.807, 2.05) is 92.0 Å². The molecule has 0 N–H and O–H groups in total. The van der Waals surface area contributed by atoms with Gasteiger partial charge in [-0.25, -0.2) is 0 Å². The average Bonchev–Trinajstić information content (AvgIpc) is 3.29. The van der Waals surface area contributed by atoms with Crippen LogP contribution in [0.3, 0.4) is 0 Å². The number of carbonyl (C=O) groups excluding carboxylic acids is 1. The maximum Gasteiger partial charge on any atom is 0.205 e. The first-order valence-corrected chi connectivity index (χ1v) is 9.75. The molecule has 2 heterocycles. The van der Waals surface area contributed by atoms with Crippen LogP contribution in [0.5, 0.6) is 0 Å². The Morgan fingerprint density at radius 3 is 2.19 bits per heavy atom. The number of thiophene rings is 1. The predicted molar refractivity (Wildman–Crippen MR) is 111 cm³/mol.